The maximum atomic E-state index is 14.9. The first-order chi connectivity index (χ1) is 14.2. The number of fused-ring (bicyclic) bond motifs is 1. The topological polar surface area (TPSA) is 73.3 Å². The molecule has 30 heavy (non-hydrogen) atoms. The molecule has 3 N–H and O–H groups in total. The van der Waals surface area contributed by atoms with Crippen LogP contribution in [0, 0.1) is 11.7 Å². The average molecular weight is 434 g/mol. The van der Waals surface area contributed by atoms with Crippen LogP contribution in [-0.2, 0) is 0 Å². The number of nitrogens with one attached hydrogen (secondary N) is 2. The van der Waals surface area contributed by atoms with Crippen molar-refractivity contribution in [2.75, 3.05) is 15.5 Å². The van der Waals surface area contributed by atoms with E-state index < -0.39 is 6.10 Å². The summed E-state index contributed by atoms with van der Waals surface area (Å²) in [6.07, 6.45) is 3.70. The first kappa shape index (κ1) is 21.1. The van der Waals surface area contributed by atoms with Crippen molar-refractivity contribution in [1.29, 1.82) is 0 Å². The number of halogens is 2. The number of benzene rings is 1. The van der Waals surface area contributed by atoms with Crippen LogP contribution in [0.5, 0.6) is 0 Å². The van der Waals surface area contributed by atoms with Crippen molar-refractivity contribution >= 4 is 28.9 Å². The Morgan fingerprint density at radius 3 is 2.80 bits per heavy atom. The van der Waals surface area contributed by atoms with Gasteiger partial charge in [-0.3, -0.25) is 0 Å². The lowest BCUT2D eigenvalue weighted by Gasteiger charge is -2.32. The van der Waals surface area contributed by atoms with Crippen molar-refractivity contribution in [1.82, 2.24) is 9.97 Å². The van der Waals surface area contributed by atoms with Gasteiger partial charge in [-0.15, -0.1) is 0 Å². The second-order valence-corrected chi connectivity index (χ2v) is 9.21. The number of aliphatic hydroxyl groups excluding tert-OH is 1. The molecule has 0 bridgehead atoms. The second kappa shape index (κ2) is 8.19. The molecule has 0 saturated heterocycles. The number of hydrogen-bond acceptors (Lipinski definition) is 6. The van der Waals surface area contributed by atoms with Crippen LogP contribution in [0.25, 0.3) is 11.3 Å². The summed E-state index contributed by atoms with van der Waals surface area (Å²) < 4.78 is 14.9. The number of rotatable bonds is 4. The summed E-state index contributed by atoms with van der Waals surface area (Å²) in [5, 5.41) is 17.1. The monoisotopic (exact) mass is 433 g/mol. The van der Waals surface area contributed by atoms with Gasteiger partial charge in [-0.25, -0.2) is 14.4 Å². The summed E-state index contributed by atoms with van der Waals surface area (Å²) in [6.45, 7) is 8.34. The van der Waals surface area contributed by atoms with E-state index in [1.165, 1.54) is 12.3 Å². The molecule has 1 aromatic carbocycles. The van der Waals surface area contributed by atoms with Crippen LogP contribution >= 0.6 is 11.6 Å². The van der Waals surface area contributed by atoms with Gasteiger partial charge < -0.3 is 20.6 Å². The van der Waals surface area contributed by atoms with Gasteiger partial charge in [-0.05, 0) is 58.1 Å². The molecule has 2 aliphatic rings. The lowest BCUT2D eigenvalue weighted by molar-refractivity contribution is 0.0982. The van der Waals surface area contributed by atoms with Crippen molar-refractivity contribution in [3.8, 4) is 11.3 Å². The van der Waals surface area contributed by atoms with E-state index in [2.05, 4.69) is 46.3 Å². The van der Waals surface area contributed by atoms with Crippen molar-refractivity contribution < 1.29 is 9.50 Å². The van der Waals surface area contributed by atoms with Gasteiger partial charge in [-0.1, -0.05) is 18.5 Å². The molecule has 4 atom stereocenters. The van der Waals surface area contributed by atoms with E-state index in [-0.39, 0.29) is 24.1 Å². The summed E-state index contributed by atoms with van der Waals surface area (Å²) in [4.78, 5) is 11.0. The second-order valence-electron chi connectivity index (χ2n) is 8.80. The Kier molecular flexibility index (Phi) is 5.77. The van der Waals surface area contributed by atoms with Crippen molar-refractivity contribution in [2.24, 2.45) is 5.92 Å². The molecule has 8 heteroatoms. The van der Waals surface area contributed by atoms with E-state index in [4.69, 9.17) is 11.6 Å². The minimum Gasteiger partial charge on any atom is -0.391 e. The summed E-state index contributed by atoms with van der Waals surface area (Å²) in [7, 11) is 0. The first-order valence-electron chi connectivity index (χ1n) is 10.6. The fourth-order valence-corrected chi connectivity index (χ4v) is 4.81. The van der Waals surface area contributed by atoms with Gasteiger partial charge in [0.1, 0.15) is 5.82 Å². The fourth-order valence-electron chi connectivity index (χ4n) is 4.61. The van der Waals surface area contributed by atoms with Gasteiger partial charge in [0.2, 0.25) is 5.95 Å². The predicted molar refractivity (Wildman–Crippen MR) is 120 cm³/mol. The number of nitrogens with zero attached hydrogens (tertiary/aromatic N) is 3. The van der Waals surface area contributed by atoms with Gasteiger partial charge in [-0.2, -0.15) is 0 Å². The molecule has 0 spiro atoms. The maximum absolute atomic E-state index is 14.9. The molecule has 0 amide bonds. The first-order valence-corrected chi connectivity index (χ1v) is 11.0. The molecule has 162 valence electrons. The van der Waals surface area contributed by atoms with Crippen LogP contribution in [0.3, 0.4) is 0 Å². The van der Waals surface area contributed by atoms with Crippen LogP contribution in [-0.4, -0.2) is 39.4 Å². The molecular formula is C22H29ClFN5O. The molecular weight excluding hydrogens is 405 g/mol. The molecule has 2 unspecified atom stereocenters. The lowest BCUT2D eigenvalue weighted by atomic mass is 9.85. The van der Waals surface area contributed by atoms with E-state index in [1.54, 1.807) is 0 Å². The van der Waals surface area contributed by atoms with E-state index in [0.29, 0.717) is 33.8 Å². The largest absolute Gasteiger partial charge is 0.391 e. The van der Waals surface area contributed by atoms with E-state index in [9.17, 15) is 9.50 Å². The summed E-state index contributed by atoms with van der Waals surface area (Å²) in [5.41, 5.74) is 2.37. The third-order valence-electron chi connectivity index (χ3n) is 6.08. The molecule has 6 nitrogen and oxygen atoms in total. The SMILES string of the molecule is CC(C)N1c2cc(-c3nc(NC4C[C@H](C)CC[C@@H]4O)ncc3Cl)cc(F)c2NC1C. The molecule has 2 heterocycles. The van der Waals surface area contributed by atoms with Crippen molar-refractivity contribution in [2.45, 2.75) is 71.3 Å². The minimum atomic E-state index is -0.437. The lowest BCUT2D eigenvalue weighted by Crippen LogP contribution is -2.39. The molecule has 2 aromatic rings. The molecule has 4 rings (SSSR count). The standard InChI is InChI=1S/C22H29ClFN5O/c1-11(2)29-13(4)26-21-16(24)8-14(9-18(21)29)20-15(23)10-25-22(28-20)27-17-7-12(3)5-6-19(17)30/h8-13,17,19,26,30H,5-7H2,1-4H3,(H,25,27,28)/t12-,13?,17?,19+/m1/s1. The summed E-state index contributed by atoms with van der Waals surface area (Å²) >= 11 is 6.40. The van der Waals surface area contributed by atoms with Crippen molar-refractivity contribution in [3.63, 3.8) is 0 Å². The zero-order valence-corrected chi connectivity index (χ0v) is 18.5. The number of aliphatic hydroxyl groups is 1. The molecule has 1 fully saturated rings. The number of anilines is 3. The van der Waals surface area contributed by atoms with Crippen LogP contribution in [0.4, 0.5) is 21.7 Å². The Hall–Kier alpha value is -2.12. The molecule has 1 aliphatic carbocycles. The van der Waals surface area contributed by atoms with Gasteiger partial charge in [0.05, 0.1) is 46.6 Å². The predicted octanol–water partition coefficient (Wildman–Crippen LogP) is 4.88. The Morgan fingerprint density at radius 1 is 1.30 bits per heavy atom. The molecule has 1 aliphatic heterocycles. The highest BCUT2D eigenvalue weighted by Crippen LogP contribution is 2.42. The van der Waals surface area contributed by atoms with Crippen LogP contribution in [0.1, 0.15) is 47.0 Å². The smallest absolute Gasteiger partial charge is 0.223 e. The van der Waals surface area contributed by atoms with Crippen LogP contribution in [0.15, 0.2) is 18.3 Å². The quantitative estimate of drug-likeness (QED) is 0.638. The van der Waals surface area contributed by atoms with E-state index in [0.717, 1.165) is 24.9 Å². The van der Waals surface area contributed by atoms with E-state index in [1.807, 2.05) is 13.0 Å². The summed E-state index contributed by atoms with van der Waals surface area (Å²) in [5.74, 6) is 0.582. The molecule has 1 saturated carbocycles. The molecule has 0 radical (unpaired) electrons. The van der Waals surface area contributed by atoms with Crippen LogP contribution in [0.2, 0.25) is 5.02 Å². The highest BCUT2D eigenvalue weighted by Gasteiger charge is 2.31. The fraction of sp³-hybridized carbons (Fsp3) is 0.545. The van der Waals surface area contributed by atoms with Gasteiger partial charge in [0.25, 0.3) is 0 Å². The van der Waals surface area contributed by atoms with Crippen LogP contribution < -0.4 is 15.5 Å². The zero-order valence-electron chi connectivity index (χ0n) is 17.8. The highest BCUT2D eigenvalue weighted by atomic mass is 35.5. The average Bonchev–Trinajstić information content (AvgIpc) is 3.03. The van der Waals surface area contributed by atoms with Gasteiger partial charge in [0.15, 0.2) is 0 Å². The molecule has 1 aromatic heterocycles. The zero-order chi connectivity index (χ0) is 21.6. The Labute approximate surface area is 181 Å². The Bertz CT molecular complexity index is 940. The maximum Gasteiger partial charge on any atom is 0.223 e. The number of hydrogen-bond donors (Lipinski definition) is 3. The number of aromatic nitrogens is 2. The van der Waals surface area contributed by atoms with Gasteiger partial charge in [0, 0.05) is 11.6 Å². The highest BCUT2D eigenvalue weighted by molar-refractivity contribution is 6.33. The third kappa shape index (κ3) is 3.93. The normalized spacial score (nSPS) is 25.9. The van der Waals surface area contributed by atoms with Crippen molar-refractivity contribution in [3.05, 3.63) is 29.2 Å². The third-order valence-corrected chi connectivity index (χ3v) is 6.36. The Morgan fingerprint density at radius 2 is 2.07 bits per heavy atom. The minimum absolute atomic E-state index is 0.00220. The summed E-state index contributed by atoms with van der Waals surface area (Å²) in [6, 6.07) is 3.47. The Balaban J connectivity index is 1.68. The van der Waals surface area contributed by atoms with E-state index >= 15 is 0 Å². The van der Waals surface area contributed by atoms with Gasteiger partial charge >= 0.3 is 0 Å².